The molecule has 6 nitrogen and oxygen atoms in total. The van der Waals surface area contributed by atoms with Gasteiger partial charge in [-0.1, -0.05) is 17.7 Å². The number of halogens is 1. The van der Waals surface area contributed by atoms with Gasteiger partial charge in [-0.2, -0.15) is 5.10 Å². The van der Waals surface area contributed by atoms with Crippen LogP contribution >= 0.6 is 11.6 Å². The molecular formula is C18H23ClN4O2. The number of amides is 1. The molecule has 0 spiro atoms. The molecule has 1 aromatic heterocycles. The van der Waals surface area contributed by atoms with Crippen LogP contribution < -0.4 is 5.69 Å². The normalized spacial score (nSPS) is 15.6. The Kier molecular flexibility index (Phi) is 4.99. The monoisotopic (exact) mass is 362 g/mol. The molecule has 0 bridgehead atoms. The van der Waals surface area contributed by atoms with E-state index in [-0.39, 0.29) is 17.5 Å². The Morgan fingerprint density at radius 3 is 2.60 bits per heavy atom. The van der Waals surface area contributed by atoms with E-state index in [1.165, 1.54) is 4.68 Å². The second-order valence-corrected chi connectivity index (χ2v) is 6.95. The molecule has 1 aliphatic heterocycles. The van der Waals surface area contributed by atoms with Crippen molar-refractivity contribution in [3.8, 4) is 0 Å². The molecule has 1 fully saturated rings. The van der Waals surface area contributed by atoms with Crippen LogP contribution in [-0.2, 0) is 13.6 Å². The molecule has 2 heterocycles. The van der Waals surface area contributed by atoms with Gasteiger partial charge in [0.2, 0.25) is 0 Å². The van der Waals surface area contributed by atoms with Crippen LogP contribution in [0, 0.1) is 6.92 Å². The number of hydrogen-bond acceptors (Lipinski definition) is 3. The first kappa shape index (κ1) is 17.7. The predicted molar refractivity (Wildman–Crippen MR) is 97.2 cm³/mol. The molecule has 1 aliphatic rings. The van der Waals surface area contributed by atoms with Crippen LogP contribution in [0.15, 0.2) is 23.0 Å². The molecule has 0 aliphatic carbocycles. The minimum Gasteiger partial charge on any atom is -0.339 e. The average Bonchev–Trinajstić information content (AvgIpc) is 2.91. The van der Waals surface area contributed by atoms with E-state index < -0.39 is 0 Å². The molecule has 3 rings (SSSR count). The Morgan fingerprint density at radius 2 is 2.00 bits per heavy atom. The lowest BCUT2D eigenvalue weighted by Crippen LogP contribution is -2.38. The maximum atomic E-state index is 12.7. The van der Waals surface area contributed by atoms with Gasteiger partial charge in [0.05, 0.1) is 0 Å². The minimum absolute atomic E-state index is 0.00857. The number of piperidine rings is 1. The molecular weight excluding hydrogens is 340 g/mol. The van der Waals surface area contributed by atoms with E-state index in [0.717, 1.165) is 24.2 Å². The van der Waals surface area contributed by atoms with Crippen LogP contribution in [0.4, 0.5) is 0 Å². The number of nitrogens with zero attached hydrogens (tertiary/aromatic N) is 4. The van der Waals surface area contributed by atoms with Crippen LogP contribution in [0.1, 0.15) is 47.4 Å². The topological polar surface area (TPSA) is 60.1 Å². The van der Waals surface area contributed by atoms with Crippen molar-refractivity contribution in [3.05, 3.63) is 50.7 Å². The van der Waals surface area contributed by atoms with Gasteiger partial charge in [-0.3, -0.25) is 9.36 Å². The SMILES string of the molecule is CCn1c(C2CCN(C(=O)c3ccc(C)c(Cl)c3)CC2)nn(C)c1=O. The molecule has 1 saturated heterocycles. The van der Waals surface area contributed by atoms with Gasteiger partial charge in [0.25, 0.3) is 5.91 Å². The lowest BCUT2D eigenvalue weighted by Gasteiger charge is -2.31. The number of rotatable bonds is 3. The number of likely N-dealkylation sites (tertiary alicyclic amines) is 1. The average molecular weight is 363 g/mol. The van der Waals surface area contributed by atoms with E-state index in [1.807, 2.05) is 30.9 Å². The standard InChI is InChI=1S/C18H23ClN4O2/c1-4-23-16(20-21(3)18(23)25)13-7-9-22(10-8-13)17(24)14-6-5-12(2)15(19)11-14/h5-6,11,13H,4,7-10H2,1-3H3. The fourth-order valence-electron chi connectivity index (χ4n) is 3.37. The Labute approximate surface area is 152 Å². The number of carbonyl (C=O) groups excluding carboxylic acids is 1. The summed E-state index contributed by atoms with van der Waals surface area (Å²) in [7, 11) is 1.68. The van der Waals surface area contributed by atoms with Gasteiger partial charge in [0, 0.05) is 43.2 Å². The van der Waals surface area contributed by atoms with Gasteiger partial charge in [-0.05, 0) is 44.4 Å². The third-order valence-electron chi connectivity index (χ3n) is 4.92. The second-order valence-electron chi connectivity index (χ2n) is 6.54. The molecule has 0 unspecified atom stereocenters. The second kappa shape index (κ2) is 7.04. The van der Waals surface area contributed by atoms with Crippen LogP contribution in [0.2, 0.25) is 5.02 Å². The first-order valence-electron chi connectivity index (χ1n) is 8.61. The van der Waals surface area contributed by atoms with Crippen LogP contribution in [0.3, 0.4) is 0 Å². The molecule has 7 heteroatoms. The maximum absolute atomic E-state index is 12.7. The van der Waals surface area contributed by atoms with E-state index in [1.54, 1.807) is 17.7 Å². The predicted octanol–water partition coefficient (Wildman–Crippen LogP) is 2.58. The van der Waals surface area contributed by atoms with Crippen molar-refractivity contribution >= 4 is 17.5 Å². The van der Waals surface area contributed by atoms with Crippen molar-refractivity contribution < 1.29 is 4.79 Å². The van der Waals surface area contributed by atoms with E-state index in [9.17, 15) is 9.59 Å². The van der Waals surface area contributed by atoms with Gasteiger partial charge in [-0.25, -0.2) is 9.48 Å². The Hall–Kier alpha value is -2.08. The molecule has 2 aromatic rings. The molecule has 1 amide bonds. The zero-order valence-corrected chi connectivity index (χ0v) is 15.6. The van der Waals surface area contributed by atoms with Gasteiger partial charge in [0.15, 0.2) is 0 Å². The highest BCUT2D eigenvalue weighted by atomic mass is 35.5. The Morgan fingerprint density at radius 1 is 1.32 bits per heavy atom. The first-order valence-corrected chi connectivity index (χ1v) is 8.99. The van der Waals surface area contributed by atoms with Crippen molar-refractivity contribution in [2.24, 2.45) is 7.05 Å². The van der Waals surface area contributed by atoms with Crippen molar-refractivity contribution in [2.45, 2.75) is 39.2 Å². The summed E-state index contributed by atoms with van der Waals surface area (Å²) < 4.78 is 3.12. The number of carbonyl (C=O) groups is 1. The van der Waals surface area contributed by atoms with Crippen molar-refractivity contribution in [1.82, 2.24) is 19.2 Å². The highest BCUT2D eigenvalue weighted by Gasteiger charge is 2.28. The van der Waals surface area contributed by atoms with Crippen molar-refractivity contribution in [1.29, 1.82) is 0 Å². The number of aromatic nitrogens is 3. The molecule has 0 atom stereocenters. The zero-order chi connectivity index (χ0) is 18.1. The van der Waals surface area contributed by atoms with E-state index in [2.05, 4.69) is 5.10 Å². The fraction of sp³-hybridized carbons (Fsp3) is 0.500. The first-order chi connectivity index (χ1) is 11.9. The summed E-state index contributed by atoms with van der Waals surface area (Å²) in [6, 6.07) is 5.43. The van der Waals surface area contributed by atoms with Crippen LogP contribution in [0.25, 0.3) is 0 Å². The lowest BCUT2D eigenvalue weighted by molar-refractivity contribution is 0.0710. The summed E-state index contributed by atoms with van der Waals surface area (Å²) >= 11 is 6.14. The lowest BCUT2D eigenvalue weighted by atomic mass is 9.95. The largest absolute Gasteiger partial charge is 0.345 e. The molecule has 0 saturated carbocycles. The third-order valence-corrected chi connectivity index (χ3v) is 5.33. The minimum atomic E-state index is -0.0784. The fourth-order valence-corrected chi connectivity index (χ4v) is 3.55. The summed E-state index contributed by atoms with van der Waals surface area (Å²) in [6.45, 7) is 5.80. The number of benzene rings is 1. The molecule has 0 radical (unpaired) electrons. The summed E-state index contributed by atoms with van der Waals surface area (Å²) in [5.41, 5.74) is 1.51. The van der Waals surface area contributed by atoms with Gasteiger partial charge in [0.1, 0.15) is 5.82 Å². The van der Waals surface area contributed by atoms with E-state index >= 15 is 0 Å². The van der Waals surface area contributed by atoms with Gasteiger partial charge >= 0.3 is 5.69 Å². The summed E-state index contributed by atoms with van der Waals surface area (Å²) in [6.07, 6.45) is 1.61. The molecule has 1 aromatic carbocycles. The number of aryl methyl sites for hydroxylation is 2. The van der Waals surface area contributed by atoms with Crippen LogP contribution in [0.5, 0.6) is 0 Å². The maximum Gasteiger partial charge on any atom is 0.345 e. The molecule has 0 N–H and O–H groups in total. The highest BCUT2D eigenvalue weighted by Crippen LogP contribution is 2.27. The van der Waals surface area contributed by atoms with Gasteiger partial charge < -0.3 is 4.90 Å². The Balaban J connectivity index is 1.71. The Bertz CT molecular complexity index is 847. The molecule has 134 valence electrons. The third kappa shape index (κ3) is 3.35. The van der Waals surface area contributed by atoms with E-state index in [4.69, 9.17) is 11.6 Å². The quantitative estimate of drug-likeness (QED) is 0.843. The van der Waals surface area contributed by atoms with E-state index in [0.29, 0.717) is 30.2 Å². The summed E-state index contributed by atoms with van der Waals surface area (Å²) in [5.74, 6) is 1.05. The molecule has 25 heavy (non-hydrogen) atoms. The van der Waals surface area contributed by atoms with Crippen molar-refractivity contribution in [2.75, 3.05) is 13.1 Å². The summed E-state index contributed by atoms with van der Waals surface area (Å²) in [5, 5.41) is 5.01. The van der Waals surface area contributed by atoms with Gasteiger partial charge in [-0.15, -0.1) is 0 Å². The zero-order valence-electron chi connectivity index (χ0n) is 14.8. The van der Waals surface area contributed by atoms with Crippen LogP contribution in [-0.4, -0.2) is 38.2 Å². The van der Waals surface area contributed by atoms with Crippen molar-refractivity contribution in [3.63, 3.8) is 0 Å². The smallest absolute Gasteiger partial charge is 0.339 e. The number of hydrogen-bond donors (Lipinski definition) is 0. The summed E-state index contributed by atoms with van der Waals surface area (Å²) in [4.78, 5) is 26.6. The highest BCUT2D eigenvalue weighted by molar-refractivity contribution is 6.31.